The number of hydrogen-bond donors (Lipinski definition) is 2. The number of nitrogen functional groups attached to an aromatic ring is 1. The lowest BCUT2D eigenvalue weighted by Crippen LogP contribution is -2.43. The van der Waals surface area contributed by atoms with Crippen LogP contribution < -0.4 is 16.0 Å². The van der Waals surface area contributed by atoms with Gasteiger partial charge in [-0.15, -0.1) is 0 Å². The quantitative estimate of drug-likeness (QED) is 0.837. The fourth-order valence-corrected chi connectivity index (χ4v) is 3.74. The number of anilines is 2. The number of fused-ring (bicyclic) bond motifs is 1. The summed E-state index contributed by atoms with van der Waals surface area (Å²) in [5.41, 5.74) is 7.58. The Morgan fingerprint density at radius 2 is 2.28 bits per heavy atom. The summed E-state index contributed by atoms with van der Waals surface area (Å²) in [6.07, 6.45) is 5.59. The van der Waals surface area contributed by atoms with E-state index in [1.54, 1.807) is 13.3 Å². The van der Waals surface area contributed by atoms with Crippen LogP contribution in [-0.2, 0) is 17.7 Å². The molecule has 132 valence electrons. The Morgan fingerprint density at radius 3 is 3.08 bits per heavy atom. The predicted molar refractivity (Wildman–Crippen MR) is 93.5 cm³/mol. The maximum Gasteiger partial charge on any atom is 0.253 e. The highest BCUT2D eigenvalue weighted by molar-refractivity contribution is 5.96. The molecule has 2 aliphatic heterocycles. The summed E-state index contributed by atoms with van der Waals surface area (Å²) >= 11 is 0. The van der Waals surface area contributed by atoms with Gasteiger partial charge in [-0.3, -0.25) is 4.79 Å². The van der Waals surface area contributed by atoms with Crippen molar-refractivity contribution in [2.75, 3.05) is 30.8 Å². The third-order valence-corrected chi connectivity index (χ3v) is 5.00. The highest BCUT2D eigenvalue weighted by Crippen LogP contribution is 2.23. The number of ether oxygens (including phenoxy) is 1. The molecule has 0 spiro atoms. The van der Waals surface area contributed by atoms with Crippen LogP contribution in [0.15, 0.2) is 24.5 Å². The first-order chi connectivity index (χ1) is 12.2. The van der Waals surface area contributed by atoms with Gasteiger partial charge in [0.1, 0.15) is 5.82 Å². The first-order valence-corrected chi connectivity index (χ1v) is 8.51. The van der Waals surface area contributed by atoms with Crippen molar-refractivity contribution in [2.45, 2.75) is 31.5 Å². The van der Waals surface area contributed by atoms with Gasteiger partial charge >= 0.3 is 0 Å². The molecular formula is C17H22N6O2. The van der Waals surface area contributed by atoms with Crippen LogP contribution >= 0.6 is 0 Å². The molecule has 2 aromatic rings. The van der Waals surface area contributed by atoms with E-state index in [4.69, 9.17) is 10.5 Å². The van der Waals surface area contributed by atoms with Gasteiger partial charge in [-0.1, -0.05) is 0 Å². The molecule has 25 heavy (non-hydrogen) atoms. The van der Waals surface area contributed by atoms with Crippen molar-refractivity contribution in [3.8, 4) is 0 Å². The minimum Gasteiger partial charge on any atom is -0.377 e. The zero-order valence-electron chi connectivity index (χ0n) is 14.2. The molecular weight excluding hydrogens is 320 g/mol. The average molecular weight is 342 g/mol. The van der Waals surface area contributed by atoms with E-state index in [1.807, 2.05) is 18.3 Å². The molecule has 3 N–H and O–H groups in total. The minimum atomic E-state index is -0.106. The standard InChI is InChI=1S/C17H22N6O2/c1-25-14-10-23(15-4-6-19-17(18)21-15)9-12(14)20-16(24)11-5-8-22-7-2-3-13(11)22/h4-6,8,12,14H,2-3,7,9-10H2,1H3,(H,20,24)(H2,18,19,21)/t12-,14+/m0/s1. The monoisotopic (exact) mass is 342 g/mol. The van der Waals surface area contributed by atoms with E-state index >= 15 is 0 Å². The number of carbonyl (C=O) groups is 1. The highest BCUT2D eigenvalue weighted by Gasteiger charge is 2.35. The topological polar surface area (TPSA) is 98.3 Å². The van der Waals surface area contributed by atoms with Crippen LogP contribution in [0.5, 0.6) is 0 Å². The average Bonchev–Trinajstić information content (AvgIpc) is 3.29. The molecule has 1 saturated heterocycles. The number of carbonyl (C=O) groups excluding carboxylic acids is 1. The van der Waals surface area contributed by atoms with Gasteiger partial charge in [0.2, 0.25) is 5.95 Å². The number of aryl methyl sites for hydroxylation is 1. The van der Waals surface area contributed by atoms with Crippen molar-refractivity contribution in [1.82, 2.24) is 19.9 Å². The number of nitrogens with two attached hydrogens (primary N) is 1. The van der Waals surface area contributed by atoms with Crippen molar-refractivity contribution in [3.63, 3.8) is 0 Å². The normalized spacial score (nSPS) is 22.2. The largest absolute Gasteiger partial charge is 0.377 e. The molecule has 4 heterocycles. The predicted octanol–water partition coefficient (Wildman–Crippen LogP) is 0.440. The number of nitrogens with one attached hydrogen (secondary N) is 1. The SMILES string of the molecule is CO[C@@H]1CN(c2ccnc(N)n2)C[C@@H]1NC(=O)c1ccn2c1CCC2. The van der Waals surface area contributed by atoms with E-state index in [-0.39, 0.29) is 24.0 Å². The Morgan fingerprint density at radius 1 is 1.40 bits per heavy atom. The third kappa shape index (κ3) is 2.93. The van der Waals surface area contributed by atoms with Crippen LogP contribution in [0.3, 0.4) is 0 Å². The Balaban J connectivity index is 1.48. The first-order valence-electron chi connectivity index (χ1n) is 8.51. The molecule has 2 aliphatic rings. The molecule has 8 heteroatoms. The number of aromatic nitrogens is 3. The highest BCUT2D eigenvalue weighted by atomic mass is 16.5. The molecule has 1 fully saturated rings. The van der Waals surface area contributed by atoms with Crippen molar-refractivity contribution in [1.29, 1.82) is 0 Å². The van der Waals surface area contributed by atoms with E-state index in [0.29, 0.717) is 13.1 Å². The van der Waals surface area contributed by atoms with Crippen molar-refractivity contribution in [3.05, 3.63) is 35.8 Å². The molecule has 4 rings (SSSR count). The number of rotatable bonds is 4. The molecule has 8 nitrogen and oxygen atoms in total. The molecule has 1 amide bonds. The van der Waals surface area contributed by atoms with Gasteiger partial charge in [-0.25, -0.2) is 4.98 Å². The van der Waals surface area contributed by atoms with Crippen LogP contribution in [0.1, 0.15) is 22.5 Å². The maximum absolute atomic E-state index is 12.7. The van der Waals surface area contributed by atoms with Crippen LogP contribution in [-0.4, -0.2) is 52.8 Å². The Kier molecular flexibility index (Phi) is 4.04. The zero-order chi connectivity index (χ0) is 17.4. The van der Waals surface area contributed by atoms with Crippen LogP contribution in [0.2, 0.25) is 0 Å². The Bertz CT molecular complexity index is 789. The van der Waals surface area contributed by atoms with E-state index in [1.165, 1.54) is 0 Å². The second-order valence-electron chi connectivity index (χ2n) is 6.51. The summed E-state index contributed by atoms with van der Waals surface area (Å²) < 4.78 is 7.74. The third-order valence-electron chi connectivity index (χ3n) is 5.00. The second kappa shape index (κ2) is 6.36. The fourth-order valence-electron chi connectivity index (χ4n) is 3.74. The van der Waals surface area contributed by atoms with E-state index < -0.39 is 0 Å². The molecule has 2 aromatic heterocycles. The van der Waals surface area contributed by atoms with Gasteiger partial charge in [0.05, 0.1) is 17.7 Å². The molecule has 0 aromatic carbocycles. The molecule has 0 bridgehead atoms. The van der Waals surface area contributed by atoms with Gasteiger partial charge in [0, 0.05) is 44.8 Å². The Hall–Kier alpha value is -2.61. The molecule has 2 atom stereocenters. The first kappa shape index (κ1) is 15.9. The molecule has 0 radical (unpaired) electrons. The van der Waals surface area contributed by atoms with E-state index in [0.717, 1.165) is 36.5 Å². The van der Waals surface area contributed by atoms with Gasteiger partial charge in [0.15, 0.2) is 0 Å². The number of nitrogens with zero attached hydrogens (tertiary/aromatic N) is 4. The summed E-state index contributed by atoms with van der Waals surface area (Å²) in [5, 5.41) is 3.13. The van der Waals surface area contributed by atoms with Crippen molar-refractivity contribution in [2.24, 2.45) is 0 Å². The van der Waals surface area contributed by atoms with Gasteiger partial charge in [-0.05, 0) is 25.0 Å². The van der Waals surface area contributed by atoms with Gasteiger partial charge in [0.25, 0.3) is 5.91 Å². The maximum atomic E-state index is 12.7. The number of methoxy groups -OCH3 is 1. The molecule has 0 unspecified atom stereocenters. The van der Waals surface area contributed by atoms with Crippen molar-refractivity contribution < 1.29 is 9.53 Å². The summed E-state index contributed by atoms with van der Waals surface area (Å²) in [5.74, 6) is 0.950. The van der Waals surface area contributed by atoms with Crippen LogP contribution in [0, 0.1) is 0 Å². The van der Waals surface area contributed by atoms with E-state index in [2.05, 4.69) is 24.8 Å². The summed E-state index contributed by atoms with van der Waals surface area (Å²) in [6.45, 7) is 2.26. The number of amides is 1. The number of hydrogen-bond acceptors (Lipinski definition) is 6. The fraction of sp³-hybridized carbons (Fsp3) is 0.471. The van der Waals surface area contributed by atoms with Gasteiger partial charge < -0.3 is 25.3 Å². The smallest absolute Gasteiger partial charge is 0.253 e. The van der Waals surface area contributed by atoms with Crippen LogP contribution in [0.4, 0.5) is 11.8 Å². The van der Waals surface area contributed by atoms with E-state index in [9.17, 15) is 4.79 Å². The lowest BCUT2D eigenvalue weighted by atomic mass is 10.1. The minimum absolute atomic E-state index is 0.0354. The zero-order valence-corrected chi connectivity index (χ0v) is 14.2. The Labute approximate surface area is 146 Å². The lowest BCUT2D eigenvalue weighted by molar-refractivity contribution is 0.0781. The summed E-state index contributed by atoms with van der Waals surface area (Å²) in [7, 11) is 1.66. The summed E-state index contributed by atoms with van der Waals surface area (Å²) in [6, 6.07) is 3.61. The lowest BCUT2D eigenvalue weighted by Gasteiger charge is -2.18. The summed E-state index contributed by atoms with van der Waals surface area (Å²) in [4.78, 5) is 23.0. The molecule has 0 saturated carbocycles. The van der Waals surface area contributed by atoms with Crippen LogP contribution in [0.25, 0.3) is 0 Å². The van der Waals surface area contributed by atoms with Crippen molar-refractivity contribution >= 4 is 17.7 Å². The molecule has 0 aliphatic carbocycles. The van der Waals surface area contributed by atoms with Gasteiger partial charge in [-0.2, -0.15) is 4.98 Å². The second-order valence-corrected chi connectivity index (χ2v) is 6.51.